The van der Waals surface area contributed by atoms with E-state index in [4.69, 9.17) is 5.73 Å². The lowest BCUT2D eigenvalue weighted by Crippen LogP contribution is -2.52. The maximum absolute atomic E-state index is 10.1. The van der Waals surface area contributed by atoms with Crippen LogP contribution >= 0.6 is 0 Å². The Morgan fingerprint density at radius 1 is 1.30 bits per heavy atom. The van der Waals surface area contributed by atoms with Crippen LogP contribution in [0.15, 0.2) is 12.4 Å². The molecule has 1 aromatic heterocycles. The Labute approximate surface area is 120 Å². The molecule has 0 spiro atoms. The molecule has 1 saturated heterocycles. The molecule has 0 unspecified atom stereocenters. The first-order valence-corrected chi connectivity index (χ1v) is 7.49. The molecule has 3 N–H and O–H groups in total. The zero-order chi connectivity index (χ0) is 14.1. The Hall–Kier alpha value is -0.950. The molecule has 0 bridgehead atoms. The van der Waals surface area contributed by atoms with Crippen LogP contribution in [0.5, 0.6) is 0 Å². The summed E-state index contributed by atoms with van der Waals surface area (Å²) >= 11 is 0. The minimum atomic E-state index is -0.241. The number of nitrogens with two attached hydrogens (primary N) is 1. The second kappa shape index (κ2) is 5.81. The SMILES string of the molecule is Cn1cc(CN2CCN([C@H]3C[C@H](N)C[C@@H]3O)CC2)cn1. The highest BCUT2D eigenvalue weighted by molar-refractivity contribution is 5.03. The fourth-order valence-corrected chi connectivity index (χ4v) is 3.49. The summed E-state index contributed by atoms with van der Waals surface area (Å²) in [7, 11) is 1.95. The normalized spacial score (nSPS) is 32.9. The molecule has 112 valence electrons. The van der Waals surface area contributed by atoms with Gasteiger partial charge in [0.2, 0.25) is 0 Å². The third-order valence-electron chi connectivity index (χ3n) is 4.57. The number of aliphatic hydroxyl groups excluding tert-OH is 1. The van der Waals surface area contributed by atoms with E-state index in [1.165, 1.54) is 5.56 Å². The van der Waals surface area contributed by atoms with Crippen LogP contribution in [0.3, 0.4) is 0 Å². The highest BCUT2D eigenvalue weighted by atomic mass is 16.3. The van der Waals surface area contributed by atoms with Crippen molar-refractivity contribution in [3.8, 4) is 0 Å². The first-order chi connectivity index (χ1) is 9.61. The summed E-state index contributed by atoms with van der Waals surface area (Å²) in [5.41, 5.74) is 7.22. The summed E-state index contributed by atoms with van der Waals surface area (Å²) in [5, 5.41) is 14.3. The van der Waals surface area contributed by atoms with E-state index < -0.39 is 0 Å². The molecule has 0 radical (unpaired) electrons. The van der Waals surface area contributed by atoms with Gasteiger partial charge < -0.3 is 10.8 Å². The quantitative estimate of drug-likeness (QED) is 0.772. The molecule has 2 heterocycles. The molecule has 1 aliphatic carbocycles. The molecule has 6 heteroatoms. The minimum absolute atomic E-state index is 0.170. The number of aromatic nitrogens is 2. The van der Waals surface area contributed by atoms with Gasteiger partial charge in [-0.1, -0.05) is 0 Å². The Morgan fingerprint density at radius 3 is 2.60 bits per heavy atom. The van der Waals surface area contributed by atoms with Crippen molar-refractivity contribution in [1.29, 1.82) is 0 Å². The fourth-order valence-electron chi connectivity index (χ4n) is 3.49. The van der Waals surface area contributed by atoms with E-state index in [9.17, 15) is 5.11 Å². The van der Waals surface area contributed by atoms with Crippen LogP contribution in [-0.4, -0.2) is 69.1 Å². The van der Waals surface area contributed by atoms with Crippen LogP contribution in [0.4, 0.5) is 0 Å². The van der Waals surface area contributed by atoms with Crippen LogP contribution in [-0.2, 0) is 13.6 Å². The topological polar surface area (TPSA) is 70.5 Å². The zero-order valence-electron chi connectivity index (χ0n) is 12.1. The van der Waals surface area contributed by atoms with Crippen molar-refractivity contribution in [3.05, 3.63) is 18.0 Å². The Bertz CT molecular complexity index is 441. The number of hydrogen-bond donors (Lipinski definition) is 2. The molecule has 1 aromatic rings. The lowest BCUT2D eigenvalue weighted by molar-refractivity contribution is 0.0336. The van der Waals surface area contributed by atoms with Crippen LogP contribution in [0.2, 0.25) is 0 Å². The van der Waals surface area contributed by atoms with Crippen molar-refractivity contribution < 1.29 is 5.11 Å². The Balaban J connectivity index is 1.49. The minimum Gasteiger partial charge on any atom is -0.391 e. The Morgan fingerprint density at radius 2 is 2.05 bits per heavy atom. The van der Waals surface area contributed by atoms with Gasteiger partial charge in [-0.15, -0.1) is 0 Å². The van der Waals surface area contributed by atoms with Crippen molar-refractivity contribution in [1.82, 2.24) is 19.6 Å². The predicted octanol–water partition coefficient (Wildman–Crippen LogP) is -0.612. The first kappa shape index (κ1) is 14.0. The molecule has 0 amide bonds. The molecular formula is C14H25N5O. The number of hydrogen-bond acceptors (Lipinski definition) is 5. The van der Waals surface area contributed by atoms with Crippen molar-refractivity contribution >= 4 is 0 Å². The highest BCUT2D eigenvalue weighted by Crippen LogP contribution is 2.24. The molecule has 2 aliphatic rings. The van der Waals surface area contributed by atoms with Gasteiger partial charge in [0.15, 0.2) is 0 Å². The van der Waals surface area contributed by atoms with Crippen molar-refractivity contribution in [2.24, 2.45) is 12.8 Å². The Kier molecular flexibility index (Phi) is 4.07. The number of rotatable bonds is 3. The van der Waals surface area contributed by atoms with Crippen LogP contribution in [0.1, 0.15) is 18.4 Å². The molecule has 6 nitrogen and oxygen atoms in total. The molecule has 3 atom stereocenters. The monoisotopic (exact) mass is 279 g/mol. The number of nitrogens with zero attached hydrogens (tertiary/aromatic N) is 4. The maximum atomic E-state index is 10.1. The van der Waals surface area contributed by atoms with E-state index in [0.29, 0.717) is 0 Å². The van der Waals surface area contributed by atoms with Crippen molar-refractivity contribution in [2.45, 2.75) is 37.6 Å². The summed E-state index contributed by atoms with van der Waals surface area (Å²) in [6, 6.07) is 0.439. The predicted molar refractivity (Wildman–Crippen MR) is 77.1 cm³/mol. The average Bonchev–Trinajstić information content (AvgIpc) is 2.96. The van der Waals surface area contributed by atoms with Gasteiger partial charge in [0, 0.05) is 63.6 Å². The van der Waals surface area contributed by atoms with Gasteiger partial charge >= 0.3 is 0 Å². The average molecular weight is 279 g/mol. The summed E-state index contributed by atoms with van der Waals surface area (Å²) in [6.07, 6.45) is 5.46. The largest absolute Gasteiger partial charge is 0.391 e. The number of piperazine rings is 1. The number of aliphatic hydroxyl groups is 1. The van der Waals surface area contributed by atoms with Gasteiger partial charge in [-0.3, -0.25) is 14.5 Å². The molecule has 2 fully saturated rings. The van der Waals surface area contributed by atoms with Gasteiger partial charge in [0.05, 0.1) is 12.3 Å². The van der Waals surface area contributed by atoms with Crippen LogP contribution in [0.25, 0.3) is 0 Å². The van der Waals surface area contributed by atoms with Gasteiger partial charge in [0.25, 0.3) is 0 Å². The van der Waals surface area contributed by atoms with Gasteiger partial charge in [0.1, 0.15) is 0 Å². The van der Waals surface area contributed by atoms with Crippen molar-refractivity contribution in [2.75, 3.05) is 26.2 Å². The number of aryl methyl sites for hydroxylation is 1. The van der Waals surface area contributed by atoms with E-state index in [0.717, 1.165) is 45.6 Å². The lowest BCUT2D eigenvalue weighted by atomic mass is 10.1. The molecular weight excluding hydrogens is 254 g/mol. The lowest BCUT2D eigenvalue weighted by Gasteiger charge is -2.39. The van der Waals surface area contributed by atoms with Gasteiger partial charge in [-0.05, 0) is 12.8 Å². The molecule has 20 heavy (non-hydrogen) atoms. The van der Waals surface area contributed by atoms with E-state index in [2.05, 4.69) is 21.1 Å². The highest BCUT2D eigenvalue weighted by Gasteiger charge is 2.36. The van der Waals surface area contributed by atoms with E-state index in [1.54, 1.807) is 0 Å². The van der Waals surface area contributed by atoms with Crippen LogP contribution < -0.4 is 5.73 Å². The summed E-state index contributed by atoms with van der Waals surface area (Å²) < 4.78 is 1.85. The van der Waals surface area contributed by atoms with E-state index in [1.807, 2.05) is 17.9 Å². The van der Waals surface area contributed by atoms with Gasteiger partial charge in [-0.25, -0.2) is 0 Å². The van der Waals surface area contributed by atoms with Gasteiger partial charge in [-0.2, -0.15) is 5.10 Å². The molecule has 3 rings (SSSR count). The van der Waals surface area contributed by atoms with E-state index in [-0.39, 0.29) is 18.2 Å². The van der Waals surface area contributed by atoms with Crippen molar-refractivity contribution in [3.63, 3.8) is 0 Å². The summed E-state index contributed by atoms with van der Waals surface area (Å²) in [4.78, 5) is 4.87. The smallest absolute Gasteiger partial charge is 0.0710 e. The first-order valence-electron chi connectivity index (χ1n) is 7.49. The third kappa shape index (κ3) is 3.03. The summed E-state index contributed by atoms with van der Waals surface area (Å²) in [6.45, 7) is 5.11. The van der Waals surface area contributed by atoms with E-state index >= 15 is 0 Å². The molecule has 1 saturated carbocycles. The molecule has 1 aliphatic heterocycles. The zero-order valence-corrected chi connectivity index (χ0v) is 12.1. The second-order valence-electron chi connectivity index (χ2n) is 6.20. The third-order valence-corrected chi connectivity index (χ3v) is 4.57. The fraction of sp³-hybridized carbons (Fsp3) is 0.786. The standard InChI is InChI=1S/C14H25N5O/c1-17-9-11(8-16-17)10-18-2-4-19(5-3-18)13-6-12(15)7-14(13)20/h8-9,12-14,20H,2-7,10,15H2,1H3/t12-,13-,14-/m0/s1. The van der Waals surface area contributed by atoms with Crippen LogP contribution in [0, 0.1) is 0 Å². The summed E-state index contributed by atoms with van der Waals surface area (Å²) in [5.74, 6) is 0. The maximum Gasteiger partial charge on any atom is 0.0710 e. The molecule has 0 aromatic carbocycles. The second-order valence-corrected chi connectivity index (χ2v) is 6.20.